The number of amides is 1. The Hall–Kier alpha value is -1.32. The van der Waals surface area contributed by atoms with Crippen molar-refractivity contribution in [2.75, 3.05) is 6.54 Å². The van der Waals surface area contributed by atoms with Crippen molar-refractivity contribution in [3.63, 3.8) is 0 Å². The van der Waals surface area contributed by atoms with Crippen LogP contribution in [0, 0.1) is 0 Å². The molecule has 1 heterocycles. The van der Waals surface area contributed by atoms with Crippen LogP contribution < -0.4 is 5.32 Å². The van der Waals surface area contributed by atoms with E-state index in [1.165, 1.54) is 0 Å². The van der Waals surface area contributed by atoms with E-state index in [9.17, 15) is 4.79 Å². The molecule has 0 aliphatic carbocycles. The quantitative estimate of drug-likeness (QED) is 0.706. The van der Waals surface area contributed by atoms with E-state index in [0.29, 0.717) is 13.0 Å². The molecule has 0 fully saturated rings. The van der Waals surface area contributed by atoms with E-state index < -0.39 is 0 Å². The number of hydrogen-bond donors (Lipinski definition) is 1. The second kappa shape index (κ2) is 4.54. The first-order valence-corrected chi connectivity index (χ1v) is 4.07. The van der Waals surface area contributed by atoms with Gasteiger partial charge < -0.3 is 5.32 Å². The summed E-state index contributed by atoms with van der Waals surface area (Å²) in [6.45, 7) is 3.22. The van der Waals surface area contributed by atoms with Crippen molar-refractivity contribution < 1.29 is 4.79 Å². The lowest BCUT2D eigenvalue weighted by atomic mass is 10.4. The zero-order chi connectivity index (χ0) is 8.81. The summed E-state index contributed by atoms with van der Waals surface area (Å²) < 4.78 is 1.79. The van der Waals surface area contributed by atoms with Crippen LogP contribution in [-0.2, 0) is 11.3 Å². The summed E-state index contributed by atoms with van der Waals surface area (Å²) in [6, 6.07) is 1.86. The highest BCUT2D eigenvalue weighted by Crippen LogP contribution is 1.82. The maximum atomic E-state index is 10.8. The van der Waals surface area contributed by atoms with Crippen LogP contribution in [0.1, 0.15) is 13.3 Å². The molecule has 1 rings (SSSR count). The minimum Gasteiger partial charge on any atom is -0.354 e. The molecule has 66 valence electrons. The predicted octanol–water partition coefficient (Wildman–Crippen LogP) is 0.409. The molecule has 4 heteroatoms. The van der Waals surface area contributed by atoms with Gasteiger partial charge in [-0.2, -0.15) is 5.10 Å². The molecule has 1 aromatic heterocycles. The molecule has 0 unspecified atom stereocenters. The number of aromatic nitrogens is 2. The largest absolute Gasteiger partial charge is 0.354 e. The van der Waals surface area contributed by atoms with Gasteiger partial charge in [-0.3, -0.25) is 9.48 Å². The highest BCUT2D eigenvalue weighted by molar-refractivity contribution is 5.75. The average molecular weight is 167 g/mol. The van der Waals surface area contributed by atoms with E-state index in [-0.39, 0.29) is 5.91 Å². The van der Waals surface area contributed by atoms with E-state index in [2.05, 4.69) is 10.4 Å². The lowest BCUT2D eigenvalue weighted by Gasteiger charge is -2.02. The van der Waals surface area contributed by atoms with Crippen molar-refractivity contribution in [3.05, 3.63) is 18.5 Å². The lowest BCUT2D eigenvalue weighted by molar-refractivity contribution is -0.120. The summed E-state index contributed by atoms with van der Waals surface area (Å²) in [4.78, 5) is 10.8. The van der Waals surface area contributed by atoms with Gasteiger partial charge in [0.15, 0.2) is 0 Å². The number of rotatable bonds is 4. The Labute approximate surface area is 71.6 Å². The van der Waals surface area contributed by atoms with Crippen LogP contribution in [0.15, 0.2) is 18.5 Å². The van der Waals surface area contributed by atoms with Crippen LogP contribution >= 0.6 is 0 Å². The zero-order valence-electron chi connectivity index (χ0n) is 7.16. The summed E-state index contributed by atoms with van der Waals surface area (Å²) in [5.74, 6) is 0.0853. The SMILES string of the molecule is CCC(=O)NCCn1cccn1. The third kappa shape index (κ3) is 2.74. The van der Waals surface area contributed by atoms with E-state index >= 15 is 0 Å². The van der Waals surface area contributed by atoms with Gasteiger partial charge in [-0.15, -0.1) is 0 Å². The number of hydrogen-bond acceptors (Lipinski definition) is 2. The van der Waals surface area contributed by atoms with Crippen molar-refractivity contribution in [2.45, 2.75) is 19.9 Å². The smallest absolute Gasteiger partial charge is 0.219 e. The van der Waals surface area contributed by atoms with Crippen molar-refractivity contribution in [3.8, 4) is 0 Å². The molecular weight excluding hydrogens is 154 g/mol. The van der Waals surface area contributed by atoms with Gasteiger partial charge in [-0.05, 0) is 6.07 Å². The van der Waals surface area contributed by atoms with E-state index in [4.69, 9.17) is 0 Å². The summed E-state index contributed by atoms with van der Waals surface area (Å²) >= 11 is 0. The Kier molecular flexibility index (Phi) is 3.32. The first-order valence-electron chi connectivity index (χ1n) is 4.07. The molecule has 4 nitrogen and oxygen atoms in total. The lowest BCUT2D eigenvalue weighted by Crippen LogP contribution is -2.26. The molecule has 1 aromatic rings. The Morgan fingerprint density at radius 1 is 1.67 bits per heavy atom. The summed E-state index contributed by atoms with van der Waals surface area (Å²) in [5.41, 5.74) is 0. The third-order valence-corrected chi connectivity index (χ3v) is 1.54. The molecule has 0 bridgehead atoms. The molecule has 1 N–H and O–H groups in total. The molecule has 0 aromatic carbocycles. The maximum Gasteiger partial charge on any atom is 0.219 e. The molecule has 0 spiro atoms. The normalized spacial score (nSPS) is 9.75. The van der Waals surface area contributed by atoms with E-state index in [0.717, 1.165) is 6.54 Å². The van der Waals surface area contributed by atoms with Gasteiger partial charge in [-0.1, -0.05) is 6.92 Å². The fraction of sp³-hybridized carbons (Fsp3) is 0.500. The molecule has 12 heavy (non-hydrogen) atoms. The standard InChI is InChI=1S/C8H13N3O/c1-2-8(12)9-5-7-11-6-3-4-10-11/h3-4,6H,2,5,7H2,1H3,(H,9,12). The van der Waals surface area contributed by atoms with E-state index in [1.807, 2.05) is 19.2 Å². The summed E-state index contributed by atoms with van der Waals surface area (Å²) in [7, 11) is 0. The van der Waals surface area contributed by atoms with Crippen molar-refractivity contribution in [1.29, 1.82) is 0 Å². The van der Waals surface area contributed by atoms with Crippen LogP contribution in [0.25, 0.3) is 0 Å². The third-order valence-electron chi connectivity index (χ3n) is 1.54. The first-order chi connectivity index (χ1) is 5.83. The van der Waals surface area contributed by atoms with Crippen molar-refractivity contribution in [1.82, 2.24) is 15.1 Å². The van der Waals surface area contributed by atoms with Gasteiger partial charge in [0.05, 0.1) is 6.54 Å². The minimum absolute atomic E-state index is 0.0853. The second-order valence-corrected chi connectivity index (χ2v) is 2.47. The maximum absolute atomic E-state index is 10.8. The number of carbonyl (C=O) groups excluding carboxylic acids is 1. The van der Waals surface area contributed by atoms with Gasteiger partial charge >= 0.3 is 0 Å². The van der Waals surface area contributed by atoms with Gasteiger partial charge in [0.1, 0.15) is 0 Å². The van der Waals surface area contributed by atoms with Gasteiger partial charge in [0, 0.05) is 25.4 Å². The number of nitrogens with zero attached hydrogens (tertiary/aromatic N) is 2. The monoisotopic (exact) mass is 167 g/mol. The second-order valence-electron chi connectivity index (χ2n) is 2.47. The molecule has 0 aliphatic rings. The fourth-order valence-corrected chi connectivity index (χ4v) is 0.868. The molecule has 0 aliphatic heterocycles. The first kappa shape index (κ1) is 8.77. The number of carbonyl (C=O) groups is 1. The Morgan fingerprint density at radius 3 is 3.08 bits per heavy atom. The highest BCUT2D eigenvalue weighted by atomic mass is 16.1. The molecular formula is C8H13N3O. The van der Waals surface area contributed by atoms with Crippen LogP contribution in [0.3, 0.4) is 0 Å². The topological polar surface area (TPSA) is 46.9 Å². The van der Waals surface area contributed by atoms with E-state index in [1.54, 1.807) is 10.9 Å². The zero-order valence-corrected chi connectivity index (χ0v) is 7.16. The minimum atomic E-state index is 0.0853. The Morgan fingerprint density at radius 2 is 2.50 bits per heavy atom. The van der Waals surface area contributed by atoms with Crippen molar-refractivity contribution in [2.24, 2.45) is 0 Å². The summed E-state index contributed by atoms with van der Waals surface area (Å²) in [5, 5.41) is 6.78. The van der Waals surface area contributed by atoms with Gasteiger partial charge in [0.25, 0.3) is 0 Å². The Bertz CT molecular complexity index is 230. The van der Waals surface area contributed by atoms with Gasteiger partial charge in [0.2, 0.25) is 5.91 Å². The highest BCUT2D eigenvalue weighted by Gasteiger charge is 1.94. The average Bonchev–Trinajstić information content (AvgIpc) is 2.57. The summed E-state index contributed by atoms with van der Waals surface area (Å²) in [6.07, 6.45) is 4.14. The number of nitrogens with one attached hydrogen (secondary N) is 1. The molecule has 0 atom stereocenters. The van der Waals surface area contributed by atoms with Crippen LogP contribution in [0.2, 0.25) is 0 Å². The fourth-order valence-electron chi connectivity index (χ4n) is 0.868. The molecule has 0 saturated carbocycles. The Balaban J connectivity index is 2.15. The molecule has 0 saturated heterocycles. The predicted molar refractivity (Wildman–Crippen MR) is 45.5 cm³/mol. The van der Waals surface area contributed by atoms with Crippen LogP contribution in [-0.4, -0.2) is 22.2 Å². The molecule has 0 radical (unpaired) electrons. The van der Waals surface area contributed by atoms with Crippen molar-refractivity contribution >= 4 is 5.91 Å². The van der Waals surface area contributed by atoms with Gasteiger partial charge in [-0.25, -0.2) is 0 Å². The van der Waals surface area contributed by atoms with Crippen LogP contribution in [0.5, 0.6) is 0 Å². The molecule has 1 amide bonds. The van der Waals surface area contributed by atoms with Crippen LogP contribution in [0.4, 0.5) is 0 Å².